The van der Waals surface area contributed by atoms with E-state index in [9.17, 15) is 4.79 Å². The summed E-state index contributed by atoms with van der Waals surface area (Å²) in [7, 11) is 0. The number of hydrogen-bond acceptors (Lipinski definition) is 4. The Morgan fingerprint density at radius 2 is 2.21 bits per heavy atom. The van der Waals surface area contributed by atoms with E-state index in [4.69, 9.17) is 16.3 Å². The van der Waals surface area contributed by atoms with Crippen LogP contribution in [0.25, 0.3) is 0 Å². The summed E-state index contributed by atoms with van der Waals surface area (Å²) in [6.07, 6.45) is 3.78. The van der Waals surface area contributed by atoms with E-state index >= 15 is 0 Å². The van der Waals surface area contributed by atoms with Gasteiger partial charge in [-0.1, -0.05) is 11.6 Å². The van der Waals surface area contributed by atoms with Gasteiger partial charge >= 0.3 is 0 Å². The molecule has 2 heterocycles. The molecule has 1 aromatic rings. The van der Waals surface area contributed by atoms with Gasteiger partial charge in [0.2, 0.25) is 6.41 Å². The summed E-state index contributed by atoms with van der Waals surface area (Å²) in [5.41, 5.74) is 0. The predicted octanol–water partition coefficient (Wildman–Crippen LogP) is 0.349. The summed E-state index contributed by atoms with van der Waals surface area (Å²) in [6.45, 7) is 1.16. The van der Waals surface area contributed by atoms with Crippen molar-refractivity contribution in [1.82, 2.24) is 14.9 Å². The first kappa shape index (κ1) is 9.21. The molecule has 1 aliphatic rings. The Morgan fingerprint density at radius 1 is 1.50 bits per heavy atom. The van der Waals surface area contributed by atoms with Gasteiger partial charge in [-0.05, 0) is 0 Å². The Labute approximate surface area is 85.7 Å². The lowest BCUT2D eigenvalue weighted by Crippen LogP contribution is -2.52. The summed E-state index contributed by atoms with van der Waals surface area (Å²) < 4.78 is 5.41. The van der Waals surface area contributed by atoms with Crippen LogP contribution in [0.5, 0.6) is 5.88 Å². The summed E-state index contributed by atoms with van der Waals surface area (Å²) in [5, 5.41) is 0.247. The highest BCUT2D eigenvalue weighted by Gasteiger charge is 2.28. The first-order chi connectivity index (χ1) is 6.79. The van der Waals surface area contributed by atoms with Crippen molar-refractivity contribution in [2.45, 2.75) is 6.10 Å². The van der Waals surface area contributed by atoms with Crippen LogP contribution in [0.4, 0.5) is 0 Å². The van der Waals surface area contributed by atoms with Gasteiger partial charge < -0.3 is 9.64 Å². The van der Waals surface area contributed by atoms with Crippen molar-refractivity contribution in [3.05, 3.63) is 17.5 Å². The molecule has 0 bridgehead atoms. The molecule has 14 heavy (non-hydrogen) atoms. The lowest BCUT2D eigenvalue weighted by atomic mass is 10.2. The number of nitrogens with zero attached hydrogens (tertiary/aromatic N) is 3. The van der Waals surface area contributed by atoms with Gasteiger partial charge in [-0.2, -0.15) is 0 Å². The highest BCUT2D eigenvalue weighted by Crippen LogP contribution is 2.20. The number of aromatic nitrogens is 2. The third-order valence-corrected chi connectivity index (χ3v) is 2.19. The maximum absolute atomic E-state index is 10.3. The average Bonchev–Trinajstić information content (AvgIpc) is 2.13. The smallest absolute Gasteiger partial charge is 0.252 e. The van der Waals surface area contributed by atoms with E-state index in [1.165, 1.54) is 12.4 Å². The molecule has 0 aromatic carbocycles. The quantitative estimate of drug-likeness (QED) is 0.680. The molecular weight excluding hydrogens is 206 g/mol. The molecule has 2 rings (SSSR count). The lowest BCUT2D eigenvalue weighted by Gasteiger charge is -2.35. The molecule has 6 heteroatoms. The first-order valence-electron chi connectivity index (χ1n) is 4.12. The molecule has 0 atom stereocenters. The number of hydrogen-bond donors (Lipinski definition) is 0. The van der Waals surface area contributed by atoms with Crippen molar-refractivity contribution < 1.29 is 9.53 Å². The summed E-state index contributed by atoms with van der Waals surface area (Å²) in [5.74, 6) is 0.324. The highest BCUT2D eigenvalue weighted by molar-refractivity contribution is 6.30. The van der Waals surface area contributed by atoms with Crippen LogP contribution in [0.1, 0.15) is 0 Å². The third-order valence-electron chi connectivity index (χ3n) is 1.93. The second-order valence-electron chi connectivity index (χ2n) is 2.95. The fraction of sp³-hybridized carbons (Fsp3) is 0.375. The van der Waals surface area contributed by atoms with E-state index in [-0.39, 0.29) is 11.3 Å². The Kier molecular flexibility index (Phi) is 2.49. The van der Waals surface area contributed by atoms with Crippen molar-refractivity contribution in [2.24, 2.45) is 0 Å². The number of rotatable bonds is 3. The normalized spacial score (nSPS) is 16.2. The molecule has 1 amide bonds. The van der Waals surface area contributed by atoms with Crippen LogP contribution in [0.2, 0.25) is 5.15 Å². The topological polar surface area (TPSA) is 55.3 Å². The summed E-state index contributed by atoms with van der Waals surface area (Å²) in [6, 6.07) is 0. The van der Waals surface area contributed by atoms with Crippen molar-refractivity contribution in [1.29, 1.82) is 0 Å². The van der Waals surface area contributed by atoms with E-state index in [1.54, 1.807) is 4.90 Å². The Morgan fingerprint density at radius 3 is 2.86 bits per heavy atom. The number of carbonyl (C=O) groups excluding carboxylic acids is 1. The number of carbonyl (C=O) groups is 1. The molecular formula is C8H8ClN3O2. The van der Waals surface area contributed by atoms with Crippen molar-refractivity contribution in [2.75, 3.05) is 13.1 Å². The van der Waals surface area contributed by atoms with Crippen LogP contribution in [-0.2, 0) is 4.79 Å². The molecule has 0 radical (unpaired) electrons. The minimum atomic E-state index is -0.0191. The number of ether oxygens (including phenoxy) is 1. The van der Waals surface area contributed by atoms with Crippen LogP contribution in [0.15, 0.2) is 12.4 Å². The maximum atomic E-state index is 10.3. The second-order valence-corrected chi connectivity index (χ2v) is 3.31. The maximum Gasteiger partial charge on any atom is 0.252 e. The van der Waals surface area contributed by atoms with E-state index < -0.39 is 0 Å². The third kappa shape index (κ3) is 1.77. The average molecular weight is 214 g/mol. The first-order valence-corrected chi connectivity index (χ1v) is 4.50. The number of halogens is 1. The van der Waals surface area contributed by atoms with Crippen LogP contribution in [0, 0.1) is 0 Å². The molecule has 5 nitrogen and oxygen atoms in total. The zero-order valence-corrected chi connectivity index (χ0v) is 8.02. The molecule has 0 saturated carbocycles. The van der Waals surface area contributed by atoms with Gasteiger partial charge in [0, 0.05) is 12.4 Å². The summed E-state index contributed by atoms with van der Waals surface area (Å²) in [4.78, 5) is 19.6. The predicted molar refractivity (Wildman–Crippen MR) is 49.1 cm³/mol. The van der Waals surface area contributed by atoms with E-state index in [2.05, 4.69) is 9.97 Å². The standard InChI is InChI=1S/C8H8ClN3O2/c9-7-8(11-2-1-10-7)14-6-3-12(4-6)5-13/h1-2,5-6H,3-4H2. The molecule has 1 saturated heterocycles. The molecule has 0 unspecified atom stereocenters. The van der Waals surface area contributed by atoms with Gasteiger partial charge in [-0.3, -0.25) is 4.79 Å². The Balaban J connectivity index is 1.93. The van der Waals surface area contributed by atoms with Crippen LogP contribution in [-0.4, -0.2) is 40.5 Å². The molecule has 1 fully saturated rings. The molecule has 0 aliphatic carbocycles. The molecule has 0 N–H and O–H groups in total. The van der Waals surface area contributed by atoms with Crippen LogP contribution in [0.3, 0.4) is 0 Å². The number of likely N-dealkylation sites (tertiary alicyclic amines) is 1. The highest BCUT2D eigenvalue weighted by atomic mass is 35.5. The van der Waals surface area contributed by atoms with Gasteiger partial charge in [0.1, 0.15) is 6.10 Å². The minimum Gasteiger partial charge on any atom is -0.468 e. The Hall–Kier alpha value is -1.36. The fourth-order valence-corrected chi connectivity index (χ4v) is 1.33. The van der Waals surface area contributed by atoms with Crippen molar-refractivity contribution in [3.63, 3.8) is 0 Å². The van der Waals surface area contributed by atoms with Crippen molar-refractivity contribution in [3.8, 4) is 5.88 Å². The SMILES string of the molecule is O=CN1CC(Oc2nccnc2Cl)C1. The van der Waals surface area contributed by atoms with E-state index in [1.807, 2.05) is 0 Å². The molecule has 0 spiro atoms. The lowest BCUT2D eigenvalue weighted by molar-refractivity contribution is -0.126. The summed E-state index contributed by atoms with van der Waals surface area (Å²) >= 11 is 5.74. The minimum absolute atomic E-state index is 0.0191. The van der Waals surface area contributed by atoms with Gasteiger partial charge in [-0.15, -0.1) is 0 Å². The van der Waals surface area contributed by atoms with Crippen molar-refractivity contribution >= 4 is 18.0 Å². The van der Waals surface area contributed by atoms with Gasteiger partial charge in [-0.25, -0.2) is 9.97 Å². The van der Waals surface area contributed by atoms with Crippen LogP contribution >= 0.6 is 11.6 Å². The zero-order valence-electron chi connectivity index (χ0n) is 7.26. The fourth-order valence-electron chi connectivity index (χ4n) is 1.18. The largest absolute Gasteiger partial charge is 0.468 e. The number of amides is 1. The van der Waals surface area contributed by atoms with Gasteiger partial charge in [0.05, 0.1) is 13.1 Å². The van der Waals surface area contributed by atoms with E-state index in [0.29, 0.717) is 19.0 Å². The zero-order chi connectivity index (χ0) is 9.97. The monoisotopic (exact) mass is 213 g/mol. The molecule has 74 valence electrons. The molecule has 1 aromatic heterocycles. The van der Waals surface area contributed by atoms with Gasteiger partial charge in [0.25, 0.3) is 5.88 Å². The second kappa shape index (κ2) is 3.79. The molecule has 1 aliphatic heterocycles. The van der Waals surface area contributed by atoms with Gasteiger partial charge in [0.15, 0.2) is 5.15 Å². The van der Waals surface area contributed by atoms with Crippen LogP contribution < -0.4 is 4.74 Å². The van der Waals surface area contributed by atoms with E-state index in [0.717, 1.165) is 6.41 Å². The Bertz CT molecular complexity index is 341.